The molecule has 0 fully saturated rings. The highest BCUT2D eigenvalue weighted by Gasteiger charge is 2.21. The smallest absolute Gasteiger partial charge is 0.387 e. The molecule has 0 amide bonds. The molecule has 1 atom stereocenters. The van der Waals surface area contributed by atoms with Gasteiger partial charge in [0.25, 0.3) is 0 Å². The molecule has 0 aliphatic heterocycles. The van der Waals surface area contributed by atoms with E-state index in [2.05, 4.69) is 26.0 Å². The maximum atomic E-state index is 12.6. The van der Waals surface area contributed by atoms with E-state index in [9.17, 15) is 8.78 Å². The molecule has 2 nitrogen and oxygen atoms in total. The largest absolute Gasteiger partial charge is 0.434 e. The lowest BCUT2D eigenvalue weighted by atomic mass is 10.0. The zero-order valence-corrected chi connectivity index (χ0v) is 14.2. The van der Waals surface area contributed by atoms with E-state index < -0.39 is 6.61 Å². The Labute approximate surface area is 139 Å². The van der Waals surface area contributed by atoms with Crippen molar-refractivity contribution in [2.75, 3.05) is 6.54 Å². The van der Waals surface area contributed by atoms with E-state index in [4.69, 9.17) is 11.6 Å². The van der Waals surface area contributed by atoms with Crippen LogP contribution in [0, 0.1) is 0 Å². The van der Waals surface area contributed by atoms with Gasteiger partial charge in [0, 0.05) is 14.9 Å². The van der Waals surface area contributed by atoms with Gasteiger partial charge in [-0.05, 0) is 34.6 Å². The number of nitrogens with one attached hydrogen (secondary N) is 1. The first-order valence-corrected chi connectivity index (χ1v) is 8.23. The summed E-state index contributed by atoms with van der Waals surface area (Å²) in [6, 6.07) is 8.41. The molecule has 0 spiro atoms. The average molecular weight is 397 g/mol. The van der Waals surface area contributed by atoms with Gasteiger partial charge in [-0.15, -0.1) is 11.3 Å². The van der Waals surface area contributed by atoms with Crippen molar-refractivity contribution in [2.45, 2.75) is 19.6 Å². The van der Waals surface area contributed by atoms with Crippen molar-refractivity contribution in [1.29, 1.82) is 0 Å². The third-order valence-electron chi connectivity index (χ3n) is 2.80. The van der Waals surface area contributed by atoms with Crippen LogP contribution < -0.4 is 10.1 Å². The van der Waals surface area contributed by atoms with E-state index in [0.717, 1.165) is 9.35 Å². The fraction of sp³-hybridized carbons (Fsp3) is 0.286. The fourth-order valence-corrected chi connectivity index (χ4v) is 3.83. The molecular formula is C14H13BrClF2NOS. The van der Waals surface area contributed by atoms with Crippen molar-refractivity contribution in [2.24, 2.45) is 0 Å². The first kappa shape index (κ1) is 16.7. The number of ether oxygens (including phenoxy) is 1. The van der Waals surface area contributed by atoms with Crippen LogP contribution >= 0.6 is 38.9 Å². The zero-order chi connectivity index (χ0) is 15.4. The first-order valence-electron chi connectivity index (χ1n) is 6.24. The van der Waals surface area contributed by atoms with Gasteiger partial charge in [-0.2, -0.15) is 8.78 Å². The number of alkyl halides is 2. The van der Waals surface area contributed by atoms with Crippen LogP contribution in [0.25, 0.3) is 0 Å². The lowest BCUT2D eigenvalue weighted by molar-refractivity contribution is -0.0506. The zero-order valence-electron chi connectivity index (χ0n) is 11.1. The number of thiophene rings is 1. The Balaban J connectivity index is 2.42. The fourth-order valence-electron chi connectivity index (χ4n) is 2.00. The molecule has 1 N–H and O–H groups in total. The Kier molecular flexibility index (Phi) is 5.98. The van der Waals surface area contributed by atoms with Gasteiger partial charge in [0.1, 0.15) is 10.1 Å². The van der Waals surface area contributed by atoms with Crippen LogP contribution in [-0.2, 0) is 0 Å². The molecule has 0 aliphatic carbocycles. The summed E-state index contributed by atoms with van der Waals surface area (Å²) in [6.07, 6.45) is 0. The van der Waals surface area contributed by atoms with Gasteiger partial charge < -0.3 is 10.1 Å². The second kappa shape index (κ2) is 7.54. The van der Waals surface area contributed by atoms with Crippen LogP contribution in [0.5, 0.6) is 5.75 Å². The lowest BCUT2D eigenvalue weighted by Gasteiger charge is -2.20. The summed E-state index contributed by atoms with van der Waals surface area (Å²) in [5.74, 6) is 0.166. The second-order valence-electron chi connectivity index (χ2n) is 4.18. The number of hydrogen-bond donors (Lipinski definition) is 1. The Hall–Kier alpha value is -0.690. The van der Waals surface area contributed by atoms with Crippen molar-refractivity contribution in [1.82, 2.24) is 5.32 Å². The predicted molar refractivity (Wildman–Crippen MR) is 85.6 cm³/mol. The summed E-state index contributed by atoms with van der Waals surface area (Å²) in [6.45, 7) is -0.221. The Morgan fingerprint density at radius 1 is 1.38 bits per heavy atom. The number of halogens is 4. The van der Waals surface area contributed by atoms with Gasteiger partial charge in [-0.25, -0.2) is 0 Å². The molecule has 2 rings (SSSR count). The molecule has 0 saturated heterocycles. The third kappa shape index (κ3) is 4.16. The van der Waals surface area contributed by atoms with Crippen LogP contribution in [-0.4, -0.2) is 13.2 Å². The van der Waals surface area contributed by atoms with E-state index in [1.54, 1.807) is 18.2 Å². The molecule has 1 aromatic carbocycles. The SMILES string of the molecule is CCNC(c1cc(Br)c(Cl)s1)c1ccccc1OC(F)F. The maximum Gasteiger partial charge on any atom is 0.387 e. The third-order valence-corrected chi connectivity index (χ3v) is 5.34. The molecule has 0 saturated carbocycles. The van der Waals surface area contributed by atoms with Crippen LogP contribution in [0.3, 0.4) is 0 Å². The van der Waals surface area contributed by atoms with Gasteiger partial charge in [0.05, 0.1) is 6.04 Å². The topological polar surface area (TPSA) is 21.3 Å². The van der Waals surface area contributed by atoms with Crippen molar-refractivity contribution < 1.29 is 13.5 Å². The van der Waals surface area contributed by atoms with Crippen LogP contribution in [0.2, 0.25) is 4.34 Å². The van der Waals surface area contributed by atoms with Crippen LogP contribution in [0.15, 0.2) is 34.8 Å². The van der Waals surface area contributed by atoms with Crippen molar-refractivity contribution in [3.05, 3.63) is 49.6 Å². The molecule has 2 aromatic rings. The molecule has 1 unspecified atom stereocenters. The predicted octanol–water partition coefficient (Wildman–Crippen LogP) is 5.46. The summed E-state index contributed by atoms with van der Waals surface area (Å²) in [5.41, 5.74) is 0.657. The van der Waals surface area contributed by atoms with Crippen molar-refractivity contribution in [3.63, 3.8) is 0 Å². The minimum atomic E-state index is -2.85. The summed E-state index contributed by atoms with van der Waals surface area (Å²) in [7, 11) is 0. The van der Waals surface area contributed by atoms with E-state index >= 15 is 0 Å². The minimum Gasteiger partial charge on any atom is -0.434 e. The standard InChI is InChI=1S/C14H13BrClF2NOS/c1-2-19-12(11-7-9(15)13(16)21-11)8-5-3-4-6-10(8)20-14(17)18/h3-7,12,14,19H,2H2,1H3. The van der Waals surface area contributed by atoms with Crippen molar-refractivity contribution in [3.8, 4) is 5.75 Å². The lowest BCUT2D eigenvalue weighted by Crippen LogP contribution is -2.22. The maximum absolute atomic E-state index is 12.6. The minimum absolute atomic E-state index is 0.166. The number of para-hydroxylation sites is 1. The molecule has 21 heavy (non-hydrogen) atoms. The first-order chi connectivity index (χ1) is 10.0. The van der Waals surface area contributed by atoms with E-state index in [-0.39, 0.29) is 11.8 Å². The highest BCUT2D eigenvalue weighted by Crippen LogP contribution is 2.39. The monoisotopic (exact) mass is 395 g/mol. The molecule has 1 aromatic heterocycles. The van der Waals surface area contributed by atoms with Gasteiger partial charge in [0.15, 0.2) is 0 Å². The van der Waals surface area contributed by atoms with Gasteiger partial charge in [0.2, 0.25) is 0 Å². The molecule has 0 bridgehead atoms. The Bertz CT molecular complexity index is 589. The molecule has 0 aliphatic rings. The van der Waals surface area contributed by atoms with Gasteiger partial charge in [-0.1, -0.05) is 36.7 Å². The van der Waals surface area contributed by atoms with E-state index in [1.165, 1.54) is 17.4 Å². The molecule has 114 valence electrons. The summed E-state index contributed by atoms with van der Waals surface area (Å²) in [5, 5.41) is 3.28. The van der Waals surface area contributed by atoms with Crippen LogP contribution in [0.1, 0.15) is 23.4 Å². The summed E-state index contributed by atoms with van der Waals surface area (Å²) < 4.78 is 31.1. The van der Waals surface area contributed by atoms with Gasteiger partial charge in [-0.3, -0.25) is 0 Å². The number of rotatable bonds is 6. The number of benzene rings is 1. The highest BCUT2D eigenvalue weighted by molar-refractivity contribution is 9.10. The highest BCUT2D eigenvalue weighted by atomic mass is 79.9. The second-order valence-corrected chi connectivity index (χ2v) is 6.72. The average Bonchev–Trinajstić information content (AvgIpc) is 2.76. The Morgan fingerprint density at radius 3 is 2.67 bits per heavy atom. The summed E-state index contributed by atoms with van der Waals surface area (Å²) in [4.78, 5) is 0.930. The van der Waals surface area contributed by atoms with E-state index in [0.29, 0.717) is 16.4 Å². The van der Waals surface area contributed by atoms with E-state index in [1.807, 2.05) is 13.0 Å². The molecule has 7 heteroatoms. The Morgan fingerprint density at radius 2 is 2.10 bits per heavy atom. The molecule has 0 radical (unpaired) electrons. The van der Waals surface area contributed by atoms with Gasteiger partial charge >= 0.3 is 6.61 Å². The summed E-state index contributed by atoms with van der Waals surface area (Å²) >= 11 is 10.8. The normalized spacial score (nSPS) is 12.7. The molecular weight excluding hydrogens is 384 g/mol. The van der Waals surface area contributed by atoms with Crippen LogP contribution in [0.4, 0.5) is 8.78 Å². The quantitative estimate of drug-likeness (QED) is 0.699. The number of hydrogen-bond acceptors (Lipinski definition) is 3. The molecule has 1 heterocycles. The van der Waals surface area contributed by atoms with Crippen molar-refractivity contribution >= 4 is 38.9 Å².